The normalized spacial score (nSPS) is 11.1. The molecule has 0 aliphatic rings. The molecule has 0 spiro atoms. The van der Waals surface area contributed by atoms with Crippen molar-refractivity contribution in [2.24, 2.45) is 5.10 Å². The summed E-state index contributed by atoms with van der Waals surface area (Å²) in [6, 6.07) is 21.1. The molecule has 0 saturated heterocycles. The number of benzene rings is 3. The van der Waals surface area contributed by atoms with Crippen LogP contribution in [0.2, 0.25) is 5.02 Å². The Morgan fingerprint density at radius 2 is 1.88 bits per heavy atom. The number of hydrogen-bond donors (Lipinski definition) is 1. The number of halogens is 1. The van der Waals surface area contributed by atoms with Gasteiger partial charge < -0.3 is 14.0 Å². The van der Waals surface area contributed by atoms with E-state index in [1.165, 1.54) is 18.0 Å². The standard InChI is InChI=1S/C25H23ClN4O3S/c1-32-22-9-5-6-18(24(22)33-2)14-27-29-23(31)16-34-25-28-20-7-3-4-8-21(20)30(25)15-17-10-12-19(26)13-11-17/h3-14H,15-16H2,1-2H3,(H,29,31)/b27-14+. The largest absolute Gasteiger partial charge is 0.493 e. The number of para-hydroxylation sites is 3. The number of carbonyl (C=O) groups excluding carboxylic acids is 1. The zero-order valence-electron chi connectivity index (χ0n) is 18.7. The van der Waals surface area contributed by atoms with Crippen LogP contribution in [0, 0.1) is 0 Å². The SMILES string of the molecule is COc1cccc(/C=N/NC(=O)CSc2nc3ccccc3n2Cc2ccc(Cl)cc2)c1OC. The summed E-state index contributed by atoms with van der Waals surface area (Å²) in [5.74, 6) is 1.06. The monoisotopic (exact) mass is 494 g/mol. The molecule has 0 aliphatic carbocycles. The van der Waals surface area contributed by atoms with Crippen molar-refractivity contribution in [3.63, 3.8) is 0 Å². The number of hydrazone groups is 1. The molecule has 7 nitrogen and oxygen atoms in total. The van der Waals surface area contributed by atoms with Crippen LogP contribution in [0.4, 0.5) is 0 Å². The van der Waals surface area contributed by atoms with E-state index in [9.17, 15) is 4.79 Å². The van der Waals surface area contributed by atoms with Crippen molar-refractivity contribution < 1.29 is 14.3 Å². The minimum atomic E-state index is -0.242. The number of nitrogens with zero attached hydrogens (tertiary/aromatic N) is 3. The lowest BCUT2D eigenvalue weighted by atomic mass is 10.2. The Hall–Kier alpha value is -3.49. The highest BCUT2D eigenvalue weighted by Crippen LogP contribution is 2.29. The number of fused-ring (bicyclic) bond motifs is 1. The summed E-state index contributed by atoms with van der Waals surface area (Å²) < 4.78 is 12.8. The molecule has 1 heterocycles. The van der Waals surface area contributed by atoms with Crippen molar-refractivity contribution in [3.05, 3.63) is 82.9 Å². The van der Waals surface area contributed by atoms with E-state index in [4.69, 9.17) is 26.1 Å². The van der Waals surface area contributed by atoms with Crippen LogP contribution in [0.25, 0.3) is 11.0 Å². The molecule has 4 rings (SSSR count). The first-order valence-electron chi connectivity index (χ1n) is 10.4. The maximum absolute atomic E-state index is 12.5. The molecule has 0 aliphatic heterocycles. The van der Waals surface area contributed by atoms with E-state index in [2.05, 4.69) is 15.1 Å². The molecule has 174 valence electrons. The van der Waals surface area contributed by atoms with Gasteiger partial charge in [-0.1, -0.05) is 53.7 Å². The molecule has 3 aromatic carbocycles. The highest BCUT2D eigenvalue weighted by molar-refractivity contribution is 7.99. The number of amides is 1. The molecule has 1 amide bonds. The molecule has 1 N–H and O–H groups in total. The fourth-order valence-corrected chi connectivity index (χ4v) is 4.37. The number of thioether (sulfide) groups is 1. The Morgan fingerprint density at radius 1 is 1.09 bits per heavy atom. The van der Waals surface area contributed by atoms with Gasteiger partial charge in [0.05, 0.1) is 43.8 Å². The van der Waals surface area contributed by atoms with Crippen LogP contribution < -0.4 is 14.9 Å². The molecule has 0 saturated carbocycles. The Morgan fingerprint density at radius 3 is 2.65 bits per heavy atom. The van der Waals surface area contributed by atoms with Crippen molar-refractivity contribution in [1.82, 2.24) is 15.0 Å². The van der Waals surface area contributed by atoms with Gasteiger partial charge in [-0.15, -0.1) is 0 Å². The average molecular weight is 495 g/mol. The van der Waals surface area contributed by atoms with Gasteiger partial charge in [0, 0.05) is 10.6 Å². The van der Waals surface area contributed by atoms with Gasteiger partial charge in [-0.2, -0.15) is 5.10 Å². The lowest BCUT2D eigenvalue weighted by Gasteiger charge is -2.10. The summed E-state index contributed by atoms with van der Waals surface area (Å²) in [7, 11) is 3.12. The first kappa shape index (κ1) is 23.7. The van der Waals surface area contributed by atoms with Gasteiger partial charge in [-0.05, 0) is 42.0 Å². The fraction of sp³-hybridized carbons (Fsp3) is 0.160. The third-order valence-corrected chi connectivity index (χ3v) is 6.26. The van der Waals surface area contributed by atoms with Crippen LogP contribution >= 0.6 is 23.4 Å². The number of carbonyl (C=O) groups is 1. The molecule has 0 radical (unpaired) electrons. The van der Waals surface area contributed by atoms with Gasteiger partial charge in [0.25, 0.3) is 5.91 Å². The zero-order chi connectivity index (χ0) is 23.9. The van der Waals surface area contributed by atoms with Gasteiger partial charge in [0.15, 0.2) is 16.7 Å². The molecule has 34 heavy (non-hydrogen) atoms. The molecule has 0 fully saturated rings. The maximum atomic E-state index is 12.5. The molecular formula is C25H23ClN4O3S. The number of aromatic nitrogens is 2. The summed E-state index contributed by atoms with van der Waals surface area (Å²) in [4.78, 5) is 17.2. The predicted molar refractivity (Wildman–Crippen MR) is 136 cm³/mol. The highest BCUT2D eigenvalue weighted by Gasteiger charge is 2.13. The first-order valence-corrected chi connectivity index (χ1v) is 11.8. The average Bonchev–Trinajstić information content (AvgIpc) is 3.21. The van der Waals surface area contributed by atoms with E-state index in [1.807, 2.05) is 60.7 Å². The van der Waals surface area contributed by atoms with E-state index in [1.54, 1.807) is 20.3 Å². The second-order valence-electron chi connectivity index (χ2n) is 7.26. The van der Waals surface area contributed by atoms with Crippen LogP contribution in [0.1, 0.15) is 11.1 Å². The van der Waals surface area contributed by atoms with E-state index in [-0.39, 0.29) is 11.7 Å². The Kier molecular flexibility index (Phi) is 7.72. The summed E-state index contributed by atoms with van der Waals surface area (Å²) in [6.07, 6.45) is 1.53. The summed E-state index contributed by atoms with van der Waals surface area (Å²) in [6.45, 7) is 0.620. The van der Waals surface area contributed by atoms with Crippen molar-refractivity contribution in [2.45, 2.75) is 11.7 Å². The van der Waals surface area contributed by atoms with Gasteiger partial charge in [-0.25, -0.2) is 10.4 Å². The van der Waals surface area contributed by atoms with Gasteiger partial charge in [-0.3, -0.25) is 4.79 Å². The molecule has 4 aromatic rings. The Labute approximate surface area is 206 Å². The number of hydrogen-bond acceptors (Lipinski definition) is 6. The van der Waals surface area contributed by atoms with Crippen molar-refractivity contribution in [1.29, 1.82) is 0 Å². The fourth-order valence-electron chi connectivity index (χ4n) is 3.44. The van der Waals surface area contributed by atoms with Gasteiger partial charge >= 0.3 is 0 Å². The van der Waals surface area contributed by atoms with Crippen LogP contribution in [-0.4, -0.2) is 41.6 Å². The molecule has 0 unspecified atom stereocenters. The zero-order valence-corrected chi connectivity index (χ0v) is 20.3. The number of ether oxygens (including phenoxy) is 2. The Bertz CT molecular complexity index is 1320. The molecule has 9 heteroatoms. The minimum Gasteiger partial charge on any atom is -0.493 e. The van der Waals surface area contributed by atoms with Crippen LogP contribution in [0.3, 0.4) is 0 Å². The Balaban J connectivity index is 1.45. The predicted octanol–water partition coefficient (Wildman–Crippen LogP) is 5.00. The maximum Gasteiger partial charge on any atom is 0.250 e. The first-order chi connectivity index (χ1) is 16.6. The summed E-state index contributed by atoms with van der Waals surface area (Å²) >= 11 is 7.38. The summed E-state index contributed by atoms with van der Waals surface area (Å²) in [5, 5.41) is 5.51. The second-order valence-corrected chi connectivity index (χ2v) is 8.64. The van der Waals surface area contributed by atoms with Crippen LogP contribution in [-0.2, 0) is 11.3 Å². The highest BCUT2D eigenvalue weighted by atomic mass is 35.5. The third-order valence-electron chi connectivity index (χ3n) is 5.03. The van der Waals surface area contributed by atoms with Crippen molar-refractivity contribution >= 4 is 46.5 Å². The quantitative estimate of drug-likeness (QED) is 0.201. The van der Waals surface area contributed by atoms with E-state index in [0.717, 1.165) is 21.8 Å². The van der Waals surface area contributed by atoms with E-state index >= 15 is 0 Å². The van der Waals surface area contributed by atoms with Crippen LogP contribution in [0.5, 0.6) is 11.5 Å². The van der Waals surface area contributed by atoms with Gasteiger partial charge in [0.2, 0.25) is 0 Å². The molecule has 1 aromatic heterocycles. The van der Waals surface area contributed by atoms with E-state index in [0.29, 0.717) is 28.6 Å². The lowest BCUT2D eigenvalue weighted by Crippen LogP contribution is -2.20. The number of imidazole rings is 1. The molecular weight excluding hydrogens is 472 g/mol. The molecule has 0 atom stereocenters. The summed E-state index contributed by atoms with van der Waals surface area (Å²) in [5.41, 5.74) is 6.23. The topological polar surface area (TPSA) is 77.7 Å². The van der Waals surface area contributed by atoms with Crippen LogP contribution in [0.15, 0.2) is 77.0 Å². The number of rotatable bonds is 9. The van der Waals surface area contributed by atoms with Crippen molar-refractivity contribution in [3.8, 4) is 11.5 Å². The van der Waals surface area contributed by atoms with Crippen molar-refractivity contribution in [2.75, 3.05) is 20.0 Å². The van der Waals surface area contributed by atoms with E-state index < -0.39 is 0 Å². The lowest BCUT2D eigenvalue weighted by molar-refractivity contribution is -0.118. The smallest absolute Gasteiger partial charge is 0.250 e. The number of methoxy groups -OCH3 is 2. The number of nitrogens with one attached hydrogen (secondary N) is 1. The van der Waals surface area contributed by atoms with Gasteiger partial charge in [0.1, 0.15) is 0 Å². The third kappa shape index (κ3) is 5.52. The minimum absolute atomic E-state index is 0.163. The molecule has 0 bridgehead atoms. The second kappa shape index (κ2) is 11.1.